The number of anilines is 1. The molecule has 0 atom stereocenters. The molecule has 0 bridgehead atoms. The molecule has 22 heavy (non-hydrogen) atoms. The van der Waals surface area contributed by atoms with E-state index in [9.17, 15) is 4.79 Å². The molecule has 0 saturated heterocycles. The van der Waals surface area contributed by atoms with E-state index in [1.807, 2.05) is 19.1 Å². The van der Waals surface area contributed by atoms with Crippen molar-refractivity contribution in [1.82, 2.24) is 0 Å². The fraction of sp³-hybridized carbons (Fsp3) is 0.211. The second-order valence-electron chi connectivity index (χ2n) is 5.38. The first-order chi connectivity index (χ1) is 10.6. The Morgan fingerprint density at radius 3 is 2.55 bits per heavy atom. The quantitative estimate of drug-likeness (QED) is 0.858. The Bertz CT molecular complexity index is 795. The highest BCUT2D eigenvalue weighted by molar-refractivity contribution is 5.88. The smallest absolute Gasteiger partial charge is 0.335 e. The highest BCUT2D eigenvalue weighted by atomic mass is 16.4. The van der Waals surface area contributed by atoms with Crippen molar-refractivity contribution in [2.45, 2.75) is 20.3 Å². The van der Waals surface area contributed by atoms with E-state index in [0.717, 1.165) is 24.1 Å². The van der Waals surface area contributed by atoms with Crippen LogP contribution >= 0.6 is 0 Å². The first-order valence-electron chi connectivity index (χ1n) is 7.28. The van der Waals surface area contributed by atoms with Crippen LogP contribution in [0.1, 0.15) is 28.4 Å². The van der Waals surface area contributed by atoms with Gasteiger partial charge in [-0.2, -0.15) is 0 Å². The van der Waals surface area contributed by atoms with Gasteiger partial charge in [-0.05, 0) is 60.7 Å². The van der Waals surface area contributed by atoms with Gasteiger partial charge in [-0.1, -0.05) is 24.1 Å². The molecule has 0 saturated carbocycles. The fourth-order valence-electron chi connectivity index (χ4n) is 3.01. The topological polar surface area (TPSA) is 40.5 Å². The predicted molar refractivity (Wildman–Crippen MR) is 88.1 cm³/mol. The van der Waals surface area contributed by atoms with Gasteiger partial charge in [0.1, 0.15) is 0 Å². The van der Waals surface area contributed by atoms with E-state index in [1.54, 1.807) is 12.1 Å². The second kappa shape index (κ2) is 5.57. The van der Waals surface area contributed by atoms with Gasteiger partial charge in [-0.15, -0.1) is 0 Å². The lowest BCUT2D eigenvalue weighted by Gasteiger charge is -2.14. The molecule has 1 heterocycles. The zero-order valence-corrected chi connectivity index (χ0v) is 12.7. The number of hydrogen-bond acceptors (Lipinski definition) is 2. The third kappa shape index (κ3) is 2.33. The average Bonchev–Trinajstić information content (AvgIpc) is 2.92. The molecule has 3 heteroatoms. The van der Waals surface area contributed by atoms with Crippen LogP contribution < -0.4 is 4.90 Å². The maximum absolute atomic E-state index is 10.9. The zero-order chi connectivity index (χ0) is 15.7. The number of aromatic carboxylic acids is 1. The molecule has 0 amide bonds. The van der Waals surface area contributed by atoms with Crippen molar-refractivity contribution in [2.24, 2.45) is 0 Å². The first-order valence-corrected chi connectivity index (χ1v) is 7.28. The number of fused-ring (bicyclic) bond motifs is 1. The summed E-state index contributed by atoms with van der Waals surface area (Å²) >= 11 is 0. The van der Waals surface area contributed by atoms with Crippen molar-refractivity contribution in [3.05, 3.63) is 53.1 Å². The van der Waals surface area contributed by atoms with Crippen molar-refractivity contribution < 1.29 is 9.90 Å². The minimum Gasteiger partial charge on any atom is -0.478 e. The summed E-state index contributed by atoms with van der Waals surface area (Å²) in [5.41, 5.74) is 6.29. The van der Waals surface area contributed by atoms with Gasteiger partial charge in [-0.25, -0.2) is 4.79 Å². The summed E-state index contributed by atoms with van der Waals surface area (Å²) in [6, 6.07) is 14.4. The van der Waals surface area contributed by atoms with Crippen molar-refractivity contribution in [3.8, 4) is 23.1 Å². The number of carboxylic acids is 1. The Labute approximate surface area is 130 Å². The third-order valence-electron chi connectivity index (χ3n) is 4.14. The molecule has 3 rings (SSSR count). The van der Waals surface area contributed by atoms with Crippen molar-refractivity contribution in [2.75, 3.05) is 11.4 Å². The van der Waals surface area contributed by atoms with E-state index in [1.165, 1.54) is 16.8 Å². The molecule has 0 unspecified atom stereocenters. The van der Waals surface area contributed by atoms with Crippen LogP contribution in [0.2, 0.25) is 0 Å². The normalized spacial score (nSPS) is 12.5. The highest BCUT2D eigenvalue weighted by Crippen LogP contribution is 2.36. The zero-order valence-electron chi connectivity index (χ0n) is 12.7. The lowest BCUT2D eigenvalue weighted by atomic mass is 9.94. The number of rotatable bonds is 2. The fourth-order valence-corrected chi connectivity index (χ4v) is 3.01. The Kier molecular flexibility index (Phi) is 3.60. The number of carbonyl (C=O) groups is 1. The first kappa shape index (κ1) is 14.2. The number of nitrogens with zero attached hydrogens (tertiary/aromatic N) is 1. The number of benzene rings is 2. The molecule has 0 fully saturated rings. The molecule has 0 aliphatic carbocycles. The number of hydrogen-bond donors (Lipinski definition) is 1. The van der Waals surface area contributed by atoms with Crippen molar-refractivity contribution in [3.63, 3.8) is 0 Å². The van der Waals surface area contributed by atoms with E-state index >= 15 is 0 Å². The lowest BCUT2D eigenvalue weighted by molar-refractivity contribution is 0.0697. The Morgan fingerprint density at radius 2 is 1.91 bits per heavy atom. The SMILES string of the molecule is CC#CN1CCc2c1ccc(-c1ccc(C(=O)O)cc1)c2C. The van der Waals surface area contributed by atoms with Gasteiger partial charge in [0.25, 0.3) is 0 Å². The van der Waals surface area contributed by atoms with Gasteiger partial charge in [-0.3, -0.25) is 0 Å². The largest absolute Gasteiger partial charge is 0.478 e. The van der Waals surface area contributed by atoms with E-state index in [0.29, 0.717) is 5.56 Å². The molecule has 0 aromatic heterocycles. The summed E-state index contributed by atoms with van der Waals surface area (Å²) < 4.78 is 0. The van der Waals surface area contributed by atoms with Crippen LogP contribution in [0.3, 0.4) is 0 Å². The molecular weight excluding hydrogens is 274 g/mol. The van der Waals surface area contributed by atoms with Gasteiger partial charge in [0.05, 0.1) is 11.3 Å². The Hall–Kier alpha value is -2.73. The van der Waals surface area contributed by atoms with Gasteiger partial charge in [0.15, 0.2) is 0 Å². The lowest BCUT2D eigenvalue weighted by Crippen LogP contribution is -2.12. The van der Waals surface area contributed by atoms with E-state index in [-0.39, 0.29) is 0 Å². The molecule has 1 aliphatic rings. The Balaban J connectivity index is 2.02. The van der Waals surface area contributed by atoms with E-state index < -0.39 is 5.97 Å². The monoisotopic (exact) mass is 291 g/mol. The summed E-state index contributed by atoms with van der Waals surface area (Å²) in [6.45, 7) is 4.91. The predicted octanol–water partition coefficient (Wildman–Crippen LogP) is 3.70. The van der Waals surface area contributed by atoms with Crippen LogP contribution in [-0.2, 0) is 6.42 Å². The molecule has 0 spiro atoms. The maximum Gasteiger partial charge on any atom is 0.335 e. The summed E-state index contributed by atoms with van der Waals surface area (Å²) in [5.74, 6) is 2.06. The summed E-state index contributed by atoms with van der Waals surface area (Å²) in [7, 11) is 0. The molecule has 2 aromatic rings. The summed E-state index contributed by atoms with van der Waals surface area (Å²) in [5, 5.41) is 8.99. The molecular formula is C19H17NO2. The minimum absolute atomic E-state index is 0.312. The van der Waals surface area contributed by atoms with Crippen LogP contribution in [0.25, 0.3) is 11.1 Å². The van der Waals surface area contributed by atoms with Gasteiger partial charge in [0, 0.05) is 12.6 Å². The molecule has 0 radical (unpaired) electrons. The molecule has 3 nitrogen and oxygen atoms in total. The maximum atomic E-state index is 10.9. The van der Waals surface area contributed by atoms with Crippen LogP contribution in [0.5, 0.6) is 0 Å². The van der Waals surface area contributed by atoms with Crippen LogP contribution in [-0.4, -0.2) is 17.6 Å². The minimum atomic E-state index is -0.897. The van der Waals surface area contributed by atoms with Gasteiger partial charge in [0.2, 0.25) is 0 Å². The molecule has 2 aromatic carbocycles. The summed E-state index contributed by atoms with van der Waals surface area (Å²) in [6.07, 6.45) is 0.997. The van der Waals surface area contributed by atoms with Gasteiger partial charge >= 0.3 is 5.97 Å². The van der Waals surface area contributed by atoms with Gasteiger partial charge < -0.3 is 10.0 Å². The van der Waals surface area contributed by atoms with Crippen molar-refractivity contribution in [1.29, 1.82) is 0 Å². The Morgan fingerprint density at radius 1 is 1.18 bits per heavy atom. The van der Waals surface area contributed by atoms with E-state index in [2.05, 4.69) is 35.9 Å². The molecule has 110 valence electrons. The summed E-state index contributed by atoms with van der Waals surface area (Å²) in [4.78, 5) is 13.0. The molecule has 1 aliphatic heterocycles. The third-order valence-corrected chi connectivity index (χ3v) is 4.14. The van der Waals surface area contributed by atoms with Crippen molar-refractivity contribution >= 4 is 11.7 Å². The van der Waals surface area contributed by atoms with Crippen LogP contribution in [0.15, 0.2) is 36.4 Å². The number of carboxylic acid groups (broad SMARTS) is 1. The standard InChI is InChI=1S/C19H17NO2/c1-3-11-20-12-10-17-13(2)16(8-9-18(17)20)14-4-6-15(7-5-14)19(21)22/h4-9H,10,12H2,1-2H3,(H,21,22). The highest BCUT2D eigenvalue weighted by Gasteiger charge is 2.21. The van der Waals surface area contributed by atoms with E-state index in [4.69, 9.17) is 5.11 Å². The average molecular weight is 291 g/mol. The van der Waals surface area contributed by atoms with Crippen LogP contribution in [0.4, 0.5) is 5.69 Å². The second-order valence-corrected chi connectivity index (χ2v) is 5.38. The van der Waals surface area contributed by atoms with Crippen LogP contribution in [0, 0.1) is 18.9 Å². The molecule has 1 N–H and O–H groups in total.